The zero-order valence-electron chi connectivity index (χ0n) is 19.3. The molecule has 1 N–H and O–H groups in total. The Balaban J connectivity index is 1.60. The number of rotatable bonds is 6. The van der Waals surface area contributed by atoms with Gasteiger partial charge in [0.25, 0.3) is 0 Å². The van der Waals surface area contributed by atoms with E-state index in [-0.39, 0.29) is 12.5 Å². The van der Waals surface area contributed by atoms with Crippen LogP contribution in [0.25, 0.3) is 11.1 Å². The number of hydrogen-bond donors (Lipinski definition) is 1. The molecule has 7 heteroatoms. The topological polar surface area (TPSA) is 71.1 Å². The summed E-state index contributed by atoms with van der Waals surface area (Å²) in [5.74, 6) is -0.157. The van der Waals surface area contributed by atoms with Gasteiger partial charge >= 0.3 is 6.09 Å². The molecule has 0 unspecified atom stereocenters. The van der Waals surface area contributed by atoms with Crippen molar-refractivity contribution < 1.29 is 19.1 Å². The molecule has 1 fully saturated rings. The maximum Gasteiger partial charge on any atom is 0.408 e. The highest BCUT2D eigenvalue weighted by molar-refractivity contribution is 5.86. The smallest absolute Gasteiger partial charge is 0.408 e. The number of methoxy groups -OCH3 is 1. The van der Waals surface area contributed by atoms with Gasteiger partial charge in [-0.3, -0.25) is 4.79 Å². The minimum Gasteiger partial charge on any atom is -0.444 e. The summed E-state index contributed by atoms with van der Waals surface area (Å²) in [6.45, 7) is 8.03. The predicted molar refractivity (Wildman–Crippen MR) is 126 cm³/mol. The molecule has 2 aromatic carbocycles. The van der Waals surface area contributed by atoms with Crippen LogP contribution in [0, 0.1) is 0 Å². The van der Waals surface area contributed by atoms with Gasteiger partial charge in [-0.15, -0.1) is 0 Å². The average molecular weight is 440 g/mol. The summed E-state index contributed by atoms with van der Waals surface area (Å²) in [4.78, 5) is 29.2. The van der Waals surface area contributed by atoms with E-state index in [2.05, 4.69) is 46.6 Å². The van der Waals surface area contributed by atoms with E-state index in [1.807, 2.05) is 18.2 Å². The van der Waals surface area contributed by atoms with Crippen LogP contribution in [-0.2, 0) is 14.3 Å². The van der Waals surface area contributed by atoms with Crippen molar-refractivity contribution in [2.45, 2.75) is 32.4 Å². The number of nitrogens with zero attached hydrogens (tertiary/aromatic N) is 2. The fourth-order valence-corrected chi connectivity index (χ4v) is 3.71. The third-order valence-corrected chi connectivity index (χ3v) is 5.23. The van der Waals surface area contributed by atoms with Gasteiger partial charge < -0.3 is 24.6 Å². The Bertz CT molecular complexity index is 903. The monoisotopic (exact) mass is 439 g/mol. The van der Waals surface area contributed by atoms with Crippen LogP contribution >= 0.6 is 0 Å². The van der Waals surface area contributed by atoms with E-state index in [1.165, 1.54) is 18.2 Å². The van der Waals surface area contributed by atoms with Crippen LogP contribution in [0.5, 0.6) is 0 Å². The summed E-state index contributed by atoms with van der Waals surface area (Å²) >= 11 is 0. The molecule has 7 nitrogen and oxygen atoms in total. The van der Waals surface area contributed by atoms with Crippen molar-refractivity contribution >= 4 is 17.7 Å². The van der Waals surface area contributed by atoms with E-state index in [9.17, 15) is 9.59 Å². The van der Waals surface area contributed by atoms with Crippen molar-refractivity contribution in [3.05, 3.63) is 54.6 Å². The lowest BCUT2D eigenvalue weighted by Gasteiger charge is -2.37. The Labute approximate surface area is 190 Å². The lowest BCUT2D eigenvalue weighted by molar-refractivity contribution is -0.135. The van der Waals surface area contributed by atoms with Gasteiger partial charge in [0.05, 0.1) is 6.61 Å². The van der Waals surface area contributed by atoms with Crippen molar-refractivity contribution in [2.75, 3.05) is 44.8 Å². The highest BCUT2D eigenvalue weighted by atomic mass is 16.6. The number of alkyl carbamates (subject to hydrolysis) is 1. The standard InChI is InChI=1S/C25H33N3O4/c1-25(2,3)32-24(30)26-22(18-31-4)23(29)28-15-13-27(14-16-28)21-12-8-11-20(17-21)19-9-6-5-7-10-19/h5-12,17,22H,13-16,18H2,1-4H3,(H,26,30)/t22-/m0/s1. The molecule has 1 atom stereocenters. The minimum atomic E-state index is -0.775. The first-order chi connectivity index (χ1) is 15.3. The third kappa shape index (κ3) is 6.47. The summed E-state index contributed by atoms with van der Waals surface area (Å²) in [5, 5.41) is 2.65. The van der Waals surface area contributed by atoms with Crippen LogP contribution in [0.1, 0.15) is 20.8 Å². The van der Waals surface area contributed by atoms with Gasteiger partial charge in [-0.1, -0.05) is 42.5 Å². The second-order valence-electron chi connectivity index (χ2n) is 8.88. The fourth-order valence-electron chi connectivity index (χ4n) is 3.71. The first-order valence-electron chi connectivity index (χ1n) is 10.9. The Morgan fingerprint density at radius 2 is 1.62 bits per heavy atom. The molecule has 1 saturated heterocycles. The zero-order chi connectivity index (χ0) is 23.1. The van der Waals surface area contributed by atoms with Gasteiger partial charge in [-0.2, -0.15) is 0 Å². The molecule has 32 heavy (non-hydrogen) atoms. The molecule has 1 aliphatic heterocycles. The SMILES string of the molecule is COC[C@H](NC(=O)OC(C)(C)C)C(=O)N1CCN(c2cccc(-c3ccccc3)c2)CC1. The second-order valence-corrected chi connectivity index (χ2v) is 8.88. The summed E-state index contributed by atoms with van der Waals surface area (Å²) in [6.07, 6.45) is -0.621. The summed E-state index contributed by atoms with van der Waals surface area (Å²) < 4.78 is 10.5. The lowest BCUT2D eigenvalue weighted by atomic mass is 10.0. The van der Waals surface area contributed by atoms with E-state index < -0.39 is 17.7 Å². The van der Waals surface area contributed by atoms with Gasteiger partial charge in [0, 0.05) is 39.0 Å². The van der Waals surface area contributed by atoms with Gasteiger partial charge in [-0.05, 0) is 44.0 Å². The van der Waals surface area contributed by atoms with E-state index in [4.69, 9.17) is 9.47 Å². The lowest BCUT2D eigenvalue weighted by Crippen LogP contribution is -2.56. The Kier molecular flexibility index (Phi) is 7.75. The van der Waals surface area contributed by atoms with E-state index >= 15 is 0 Å². The van der Waals surface area contributed by atoms with Gasteiger partial charge in [0.1, 0.15) is 11.6 Å². The molecule has 0 radical (unpaired) electrons. The third-order valence-electron chi connectivity index (χ3n) is 5.23. The Morgan fingerprint density at radius 1 is 0.969 bits per heavy atom. The number of hydrogen-bond acceptors (Lipinski definition) is 5. The average Bonchev–Trinajstić information content (AvgIpc) is 2.78. The van der Waals surface area contributed by atoms with Crippen molar-refractivity contribution in [3.63, 3.8) is 0 Å². The van der Waals surface area contributed by atoms with Crippen LogP contribution in [0.2, 0.25) is 0 Å². The summed E-state index contributed by atoms with van der Waals surface area (Å²) in [5.41, 5.74) is 2.85. The normalized spacial score (nSPS) is 15.2. The molecule has 2 aromatic rings. The Morgan fingerprint density at radius 3 is 2.25 bits per heavy atom. The number of carbonyl (C=O) groups excluding carboxylic acids is 2. The van der Waals surface area contributed by atoms with Crippen molar-refractivity contribution in [1.29, 1.82) is 0 Å². The fraction of sp³-hybridized carbons (Fsp3) is 0.440. The number of amides is 2. The van der Waals surface area contributed by atoms with Gasteiger partial charge in [0.15, 0.2) is 0 Å². The quantitative estimate of drug-likeness (QED) is 0.746. The highest BCUT2D eigenvalue weighted by Gasteiger charge is 2.30. The maximum absolute atomic E-state index is 13.0. The molecule has 0 aromatic heterocycles. The largest absolute Gasteiger partial charge is 0.444 e. The molecule has 1 aliphatic rings. The van der Waals surface area contributed by atoms with Crippen molar-refractivity contribution in [3.8, 4) is 11.1 Å². The van der Waals surface area contributed by atoms with E-state index in [0.717, 1.165) is 18.8 Å². The van der Waals surface area contributed by atoms with Crippen LogP contribution in [-0.4, -0.2) is 68.4 Å². The van der Waals surface area contributed by atoms with Gasteiger partial charge in [0.2, 0.25) is 5.91 Å². The Hall–Kier alpha value is -3.06. The first kappa shape index (κ1) is 23.6. The van der Waals surface area contributed by atoms with E-state index in [1.54, 1.807) is 25.7 Å². The highest BCUT2D eigenvalue weighted by Crippen LogP contribution is 2.25. The molecule has 0 spiro atoms. The molecule has 0 bridgehead atoms. The molecule has 0 aliphatic carbocycles. The van der Waals surface area contributed by atoms with Crippen molar-refractivity contribution in [2.24, 2.45) is 0 Å². The zero-order valence-corrected chi connectivity index (χ0v) is 19.3. The molecular weight excluding hydrogens is 406 g/mol. The maximum atomic E-state index is 13.0. The molecule has 2 amide bonds. The number of ether oxygens (including phenoxy) is 2. The van der Waals surface area contributed by atoms with Crippen molar-refractivity contribution in [1.82, 2.24) is 10.2 Å². The van der Waals surface area contributed by atoms with Crippen LogP contribution in [0.15, 0.2) is 54.6 Å². The molecule has 172 valence electrons. The summed E-state index contributed by atoms with van der Waals surface area (Å²) in [7, 11) is 1.51. The predicted octanol–water partition coefficient (Wildman–Crippen LogP) is 3.54. The number of anilines is 1. The van der Waals surface area contributed by atoms with Crippen LogP contribution < -0.4 is 10.2 Å². The molecule has 0 saturated carbocycles. The molecular formula is C25H33N3O4. The van der Waals surface area contributed by atoms with E-state index in [0.29, 0.717) is 13.1 Å². The summed E-state index contributed by atoms with van der Waals surface area (Å²) in [6, 6.07) is 18.0. The number of piperazine rings is 1. The van der Waals surface area contributed by atoms with Gasteiger partial charge in [-0.25, -0.2) is 4.79 Å². The van der Waals surface area contributed by atoms with Crippen LogP contribution in [0.3, 0.4) is 0 Å². The first-order valence-corrected chi connectivity index (χ1v) is 10.9. The number of carbonyl (C=O) groups is 2. The number of nitrogens with one attached hydrogen (secondary N) is 1. The van der Waals surface area contributed by atoms with Crippen LogP contribution in [0.4, 0.5) is 10.5 Å². The minimum absolute atomic E-state index is 0.0947. The second kappa shape index (κ2) is 10.5. The number of benzene rings is 2. The molecule has 3 rings (SSSR count). The molecule has 1 heterocycles.